The van der Waals surface area contributed by atoms with Crippen molar-refractivity contribution in [1.82, 2.24) is 5.32 Å². The number of fused-ring (bicyclic) bond motifs is 1. The highest BCUT2D eigenvalue weighted by Crippen LogP contribution is 2.39. The first-order chi connectivity index (χ1) is 24.2. The van der Waals surface area contributed by atoms with Gasteiger partial charge >= 0.3 is 5.97 Å². The summed E-state index contributed by atoms with van der Waals surface area (Å²) in [5.41, 5.74) is 2.79. The molecular weight excluding hydrogens is 675 g/mol. The Morgan fingerprint density at radius 1 is 0.920 bits per heavy atom. The largest absolute Gasteiger partial charge is 0.497 e. The summed E-state index contributed by atoms with van der Waals surface area (Å²) < 4.78 is 16.2. The molecule has 4 aromatic rings. The van der Waals surface area contributed by atoms with Crippen molar-refractivity contribution in [2.45, 2.75) is 49.7 Å². The number of benzene rings is 3. The number of esters is 1. The summed E-state index contributed by atoms with van der Waals surface area (Å²) in [5, 5.41) is 8.58. The summed E-state index contributed by atoms with van der Waals surface area (Å²) in [5.74, 6) is -0.674. The highest BCUT2D eigenvalue weighted by Gasteiger charge is 2.28. The molecule has 0 bridgehead atoms. The number of thioether (sulfide) groups is 1. The van der Waals surface area contributed by atoms with E-state index in [1.165, 1.54) is 43.4 Å². The number of methoxy groups -OCH3 is 2. The topological polar surface area (TPSA) is 132 Å². The van der Waals surface area contributed by atoms with Gasteiger partial charge < -0.3 is 30.2 Å². The smallest absolute Gasteiger partial charge is 0.341 e. The van der Waals surface area contributed by atoms with E-state index >= 15 is 0 Å². The first-order valence-corrected chi connectivity index (χ1v) is 17.9. The molecule has 10 nitrogen and oxygen atoms in total. The number of carbonyl (C=O) groups excluding carboxylic acids is 4. The number of nitrogens with one attached hydrogen (secondary N) is 3. The zero-order valence-corrected chi connectivity index (χ0v) is 29.9. The summed E-state index contributed by atoms with van der Waals surface area (Å²) in [6.07, 6.45) is 5.24. The highest BCUT2D eigenvalue weighted by molar-refractivity contribution is 8.00. The third-order valence-electron chi connectivity index (χ3n) is 7.93. The van der Waals surface area contributed by atoms with Crippen LogP contribution in [0.1, 0.15) is 63.4 Å². The Bertz CT molecular complexity index is 1910. The van der Waals surface area contributed by atoms with Crippen molar-refractivity contribution in [1.29, 1.82) is 0 Å². The van der Waals surface area contributed by atoms with Gasteiger partial charge in [-0.1, -0.05) is 24.3 Å². The van der Waals surface area contributed by atoms with Crippen LogP contribution < -0.4 is 25.4 Å². The molecule has 12 heteroatoms. The lowest BCUT2D eigenvalue weighted by atomic mass is 9.95. The molecule has 1 heterocycles. The molecule has 3 N–H and O–H groups in total. The van der Waals surface area contributed by atoms with Crippen LogP contribution in [0, 0.1) is 0 Å². The molecule has 1 aliphatic rings. The molecule has 0 saturated carbocycles. The summed E-state index contributed by atoms with van der Waals surface area (Å²) >= 11 is 2.76. The third-order valence-corrected chi connectivity index (χ3v) is 10.2. The molecule has 3 aromatic carbocycles. The number of hydrogen-bond acceptors (Lipinski definition) is 9. The van der Waals surface area contributed by atoms with Crippen molar-refractivity contribution in [3.63, 3.8) is 0 Å². The van der Waals surface area contributed by atoms with E-state index in [0.29, 0.717) is 38.9 Å². The first kappa shape index (κ1) is 36.2. The minimum absolute atomic E-state index is 0.0211. The fraction of sp³-hybridized carbons (Fsp3) is 0.263. The maximum atomic E-state index is 13.7. The number of amides is 3. The van der Waals surface area contributed by atoms with E-state index in [4.69, 9.17) is 14.2 Å². The molecule has 0 fully saturated rings. The van der Waals surface area contributed by atoms with Crippen molar-refractivity contribution >= 4 is 63.6 Å². The van der Waals surface area contributed by atoms with Gasteiger partial charge in [0.15, 0.2) is 0 Å². The molecule has 50 heavy (non-hydrogen) atoms. The van der Waals surface area contributed by atoms with Crippen LogP contribution in [-0.4, -0.2) is 49.8 Å². The molecule has 260 valence electrons. The fourth-order valence-electron chi connectivity index (χ4n) is 5.44. The van der Waals surface area contributed by atoms with Gasteiger partial charge in [0.25, 0.3) is 11.8 Å². The van der Waals surface area contributed by atoms with Crippen LogP contribution in [0.25, 0.3) is 6.08 Å². The summed E-state index contributed by atoms with van der Waals surface area (Å²) in [6, 6.07) is 20.8. The van der Waals surface area contributed by atoms with E-state index in [-0.39, 0.29) is 18.2 Å². The Kier molecular flexibility index (Phi) is 12.3. The van der Waals surface area contributed by atoms with Crippen molar-refractivity contribution < 1.29 is 33.4 Å². The highest BCUT2D eigenvalue weighted by atomic mass is 32.2. The predicted molar refractivity (Wildman–Crippen MR) is 197 cm³/mol. The second-order valence-electron chi connectivity index (χ2n) is 11.4. The number of anilines is 2. The van der Waals surface area contributed by atoms with Gasteiger partial charge in [0.05, 0.1) is 31.6 Å². The minimum atomic E-state index is -0.569. The number of carbonyl (C=O) groups is 4. The average molecular weight is 714 g/mol. The SMILES string of the molecule is CCOC(=O)c1c(NC(=O)C(C)Sc2cccc(NC(=O)/C(=C\c3cc(OC)ccc3OC)NC(=O)c3ccccc3)c2)sc2c1CCCC2. The van der Waals surface area contributed by atoms with Gasteiger partial charge in [-0.15, -0.1) is 23.1 Å². The molecule has 1 unspecified atom stereocenters. The molecule has 0 radical (unpaired) electrons. The van der Waals surface area contributed by atoms with Crippen molar-refractivity contribution in [2.75, 3.05) is 31.5 Å². The molecule has 0 saturated heterocycles. The number of thiophene rings is 1. The van der Waals surface area contributed by atoms with E-state index in [9.17, 15) is 19.2 Å². The average Bonchev–Trinajstić information content (AvgIpc) is 3.49. The zero-order valence-electron chi connectivity index (χ0n) is 28.3. The van der Waals surface area contributed by atoms with E-state index in [1.807, 2.05) is 6.07 Å². The second kappa shape index (κ2) is 17.0. The zero-order chi connectivity index (χ0) is 35.6. The van der Waals surface area contributed by atoms with Gasteiger partial charge in [0, 0.05) is 26.6 Å². The minimum Gasteiger partial charge on any atom is -0.497 e. The Morgan fingerprint density at radius 2 is 1.70 bits per heavy atom. The third kappa shape index (κ3) is 8.93. The van der Waals surface area contributed by atoms with Crippen LogP contribution >= 0.6 is 23.1 Å². The van der Waals surface area contributed by atoms with Crippen molar-refractivity contribution in [2.24, 2.45) is 0 Å². The van der Waals surface area contributed by atoms with Gasteiger partial charge in [0.1, 0.15) is 22.2 Å². The van der Waals surface area contributed by atoms with Crippen LogP contribution in [0.3, 0.4) is 0 Å². The van der Waals surface area contributed by atoms with E-state index in [0.717, 1.165) is 41.0 Å². The van der Waals surface area contributed by atoms with Crippen LogP contribution in [0.4, 0.5) is 10.7 Å². The molecular formula is C38H39N3O7S2. The Hall–Kier alpha value is -5.07. The monoisotopic (exact) mass is 713 g/mol. The maximum absolute atomic E-state index is 13.7. The number of aryl methyl sites for hydroxylation is 1. The summed E-state index contributed by atoms with van der Waals surface area (Å²) in [4.78, 5) is 55.0. The predicted octanol–water partition coefficient (Wildman–Crippen LogP) is 7.35. The molecule has 5 rings (SSSR count). The van der Waals surface area contributed by atoms with Gasteiger partial charge in [0.2, 0.25) is 5.91 Å². The standard InChI is InChI=1S/C38H39N3O7S2/c1-5-48-38(45)33-29-16-9-10-17-32(29)50-37(33)41-34(42)23(2)49-28-15-11-14-26(22-28)39-36(44)30(40-35(43)24-12-7-6-8-13-24)21-25-20-27(46-3)18-19-31(25)47-4/h6-8,11-15,18-23H,5,9-10,16-17H2,1-4H3,(H,39,44)(H,40,43)(H,41,42)/b30-21+. The van der Waals surface area contributed by atoms with Gasteiger partial charge in [-0.2, -0.15) is 0 Å². The van der Waals surface area contributed by atoms with Crippen molar-refractivity contribution in [3.8, 4) is 11.5 Å². The molecule has 3 amide bonds. The van der Waals surface area contributed by atoms with Gasteiger partial charge in [-0.05, 0) is 99.7 Å². The van der Waals surface area contributed by atoms with Crippen LogP contribution in [-0.2, 0) is 27.2 Å². The van der Waals surface area contributed by atoms with E-state index in [2.05, 4.69) is 16.0 Å². The molecule has 1 aliphatic carbocycles. The lowest BCUT2D eigenvalue weighted by molar-refractivity contribution is -0.115. The Morgan fingerprint density at radius 3 is 2.44 bits per heavy atom. The fourth-order valence-corrected chi connectivity index (χ4v) is 7.65. The molecule has 0 aliphatic heterocycles. The van der Waals surface area contributed by atoms with Crippen LogP contribution in [0.2, 0.25) is 0 Å². The van der Waals surface area contributed by atoms with E-state index in [1.54, 1.807) is 80.6 Å². The summed E-state index contributed by atoms with van der Waals surface area (Å²) in [6.45, 7) is 3.80. The van der Waals surface area contributed by atoms with Crippen LogP contribution in [0.15, 0.2) is 83.4 Å². The first-order valence-electron chi connectivity index (χ1n) is 16.2. The second-order valence-corrected chi connectivity index (χ2v) is 13.9. The van der Waals surface area contributed by atoms with Gasteiger partial charge in [-0.3, -0.25) is 14.4 Å². The lowest BCUT2D eigenvalue weighted by Gasteiger charge is -2.15. The van der Waals surface area contributed by atoms with Crippen molar-refractivity contribution in [3.05, 3.63) is 106 Å². The number of rotatable bonds is 13. The van der Waals surface area contributed by atoms with Crippen LogP contribution in [0.5, 0.6) is 11.5 Å². The van der Waals surface area contributed by atoms with Gasteiger partial charge in [-0.25, -0.2) is 4.79 Å². The lowest BCUT2D eigenvalue weighted by Crippen LogP contribution is -2.30. The van der Waals surface area contributed by atoms with E-state index < -0.39 is 23.0 Å². The normalized spacial score (nSPS) is 13.0. The summed E-state index contributed by atoms with van der Waals surface area (Å²) in [7, 11) is 3.05. The molecule has 0 spiro atoms. The molecule has 1 aromatic heterocycles. The Balaban J connectivity index is 1.33. The number of ether oxygens (including phenoxy) is 3. The maximum Gasteiger partial charge on any atom is 0.341 e. The number of hydrogen-bond donors (Lipinski definition) is 3. The molecule has 1 atom stereocenters. The Labute approximate surface area is 299 Å². The quantitative estimate of drug-likeness (QED) is 0.0745.